The third-order valence-electron chi connectivity index (χ3n) is 7.00. The number of rotatable bonds is 6. The van der Waals surface area contributed by atoms with E-state index in [1.54, 1.807) is 6.07 Å². The summed E-state index contributed by atoms with van der Waals surface area (Å²) in [7, 11) is 0. The number of fused-ring (bicyclic) bond motifs is 2. The van der Waals surface area contributed by atoms with Crippen molar-refractivity contribution in [1.82, 2.24) is 9.88 Å². The number of aliphatic hydroxyl groups is 1. The summed E-state index contributed by atoms with van der Waals surface area (Å²) in [5.41, 5.74) is 9.34. The molecule has 6 nitrogen and oxygen atoms in total. The van der Waals surface area contributed by atoms with E-state index in [1.807, 2.05) is 34.9 Å². The Labute approximate surface area is 198 Å². The van der Waals surface area contributed by atoms with Gasteiger partial charge in [-0.05, 0) is 35.2 Å². The highest BCUT2D eigenvalue weighted by Gasteiger charge is 2.25. The number of aliphatic hydroxyl groups excluding tert-OH is 1. The minimum atomic E-state index is -0.244. The third kappa shape index (κ3) is 4.05. The molecule has 1 aromatic heterocycles. The van der Waals surface area contributed by atoms with Crippen LogP contribution in [0.4, 0.5) is 0 Å². The molecule has 5 N–H and O–H groups in total. The fraction of sp³-hybridized carbons (Fsp3) is 0.286. The Morgan fingerprint density at radius 2 is 1.79 bits per heavy atom. The largest absolute Gasteiger partial charge is 0.392 e. The van der Waals surface area contributed by atoms with E-state index in [9.17, 15) is 9.90 Å². The molecule has 1 saturated carbocycles. The molecular weight excluding hydrogens is 424 g/mol. The summed E-state index contributed by atoms with van der Waals surface area (Å²) in [6.45, 7) is 0.221. The van der Waals surface area contributed by atoms with Crippen molar-refractivity contribution >= 4 is 33.4 Å². The summed E-state index contributed by atoms with van der Waals surface area (Å²) in [5, 5.41) is 24.6. The summed E-state index contributed by atoms with van der Waals surface area (Å²) in [4.78, 5) is 13.6. The number of nitrogens with zero attached hydrogens (tertiary/aromatic N) is 1. The molecule has 3 aromatic carbocycles. The van der Waals surface area contributed by atoms with Gasteiger partial charge in [0.25, 0.3) is 5.91 Å². The van der Waals surface area contributed by atoms with Crippen molar-refractivity contribution in [3.63, 3.8) is 0 Å². The van der Waals surface area contributed by atoms with Gasteiger partial charge in [0, 0.05) is 29.1 Å². The molecule has 4 aromatic rings. The van der Waals surface area contributed by atoms with E-state index in [-0.39, 0.29) is 24.4 Å². The summed E-state index contributed by atoms with van der Waals surface area (Å²) >= 11 is 0. The second-order valence-corrected chi connectivity index (χ2v) is 9.16. The molecule has 1 heterocycles. The van der Waals surface area contributed by atoms with Crippen molar-refractivity contribution < 1.29 is 9.90 Å². The zero-order valence-electron chi connectivity index (χ0n) is 19.2. The molecule has 1 aliphatic rings. The zero-order chi connectivity index (χ0) is 23.7. The number of amides is 1. The maximum absolute atomic E-state index is 13.6. The van der Waals surface area contributed by atoms with Crippen LogP contribution in [0.15, 0.2) is 60.7 Å². The second-order valence-electron chi connectivity index (χ2n) is 9.16. The van der Waals surface area contributed by atoms with Crippen molar-refractivity contribution in [3.05, 3.63) is 83.0 Å². The van der Waals surface area contributed by atoms with Crippen LogP contribution in [0, 0.1) is 5.41 Å². The summed E-state index contributed by atoms with van der Waals surface area (Å²) in [5.74, 6) is -0.185. The van der Waals surface area contributed by atoms with Crippen LogP contribution in [0.25, 0.3) is 21.7 Å². The average molecular weight is 455 g/mol. The number of hydrogen-bond acceptors (Lipinski definition) is 3. The molecule has 0 spiro atoms. The molecule has 1 fully saturated rings. The summed E-state index contributed by atoms with van der Waals surface area (Å²) < 4.78 is 1.98. The predicted molar refractivity (Wildman–Crippen MR) is 136 cm³/mol. The Hall–Kier alpha value is -3.64. The highest BCUT2D eigenvalue weighted by Crippen LogP contribution is 2.31. The number of carbonyl (C=O) groups excluding carboxylic acids is 1. The predicted octanol–water partition coefficient (Wildman–Crippen LogP) is 4.68. The Bertz CT molecular complexity index is 1380. The SMILES string of the molecule is N=C(N)c1ccc2c(CO)c(C(=O)NC3CCCCC3)n(Cc3cccc4ccccc34)c2c1. The topological polar surface area (TPSA) is 104 Å². The first kappa shape index (κ1) is 22.2. The highest BCUT2D eigenvalue weighted by atomic mass is 16.3. The minimum Gasteiger partial charge on any atom is -0.392 e. The Kier molecular flexibility index (Phi) is 6.07. The molecule has 34 heavy (non-hydrogen) atoms. The van der Waals surface area contributed by atoms with Gasteiger partial charge in [-0.25, -0.2) is 0 Å². The Balaban J connectivity index is 1.68. The normalized spacial score (nSPS) is 14.5. The molecule has 0 bridgehead atoms. The lowest BCUT2D eigenvalue weighted by Gasteiger charge is -2.23. The average Bonchev–Trinajstić information content (AvgIpc) is 3.17. The number of aromatic nitrogens is 1. The minimum absolute atomic E-state index is 0.0291. The van der Waals surface area contributed by atoms with Crippen molar-refractivity contribution in [3.8, 4) is 0 Å². The van der Waals surface area contributed by atoms with Gasteiger partial charge in [-0.2, -0.15) is 0 Å². The fourth-order valence-electron chi connectivity index (χ4n) is 5.27. The van der Waals surface area contributed by atoms with Gasteiger partial charge >= 0.3 is 0 Å². The molecule has 0 unspecified atom stereocenters. The van der Waals surface area contributed by atoms with Crippen LogP contribution in [-0.2, 0) is 13.2 Å². The quantitative estimate of drug-likeness (QED) is 0.251. The molecule has 1 aliphatic carbocycles. The molecule has 0 saturated heterocycles. The van der Waals surface area contributed by atoms with Gasteiger partial charge in [-0.15, -0.1) is 0 Å². The first-order valence-corrected chi connectivity index (χ1v) is 11.9. The zero-order valence-corrected chi connectivity index (χ0v) is 19.2. The molecule has 5 rings (SSSR count). The van der Waals surface area contributed by atoms with Crippen molar-refractivity contribution in [2.24, 2.45) is 5.73 Å². The maximum atomic E-state index is 13.6. The van der Waals surface area contributed by atoms with E-state index >= 15 is 0 Å². The van der Waals surface area contributed by atoms with Gasteiger partial charge in [0.15, 0.2) is 0 Å². The van der Waals surface area contributed by atoms with Crippen LogP contribution in [0.1, 0.15) is 59.3 Å². The van der Waals surface area contributed by atoms with E-state index in [4.69, 9.17) is 11.1 Å². The highest BCUT2D eigenvalue weighted by molar-refractivity contribution is 6.04. The second kappa shape index (κ2) is 9.31. The lowest BCUT2D eigenvalue weighted by atomic mass is 9.95. The third-order valence-corrected chi connectivity index (χ3v) is 7.00. The first-order chi connectivity index (χ1) is 16.6. The van der Waals surface area contributed by atoms with Crippen LogP contribution in [-0.4, -0.2) is 27.5 Å². The van der Waals surface area contributed by atoms with Crippen molar-refractivity contribution in [1.29, 1.82) is 5.41 Å². The smallest absolute Gasteiger partial charge is 0.268 e. The van der Waals surface area contributed by atoms with Crippen molar-refractivity contribution in [2.45, 2.75) is 51.3 Å². The number of hydrogen-bond donors (Lipinski definition) is 4. The van der Waals surface area contributed by atoms with Gasteiger partial charge in [0.2, 0.25) is 0 Å². The summed E-state index contributed by atoms with van der Waals surface area (Å²) in [6.07, 6.45) is 5.43. The number of nitrogens with two attached hydrogens (primary N) is 1. The van der Waals surface area contributed by atoms with E-state index in [2.05, 4.69) is 29.6 Å². The van der Waals surface area contributed by atoms with Crippen molar-refractivity contribution in [2.75, 3.05) is 0 Å². The van der Waals surface area contributed by atoms with Crippen LogP contribution in [0.5, 0.6) is 0 Å². The standard InChI is InChI=1S/C28H30N4O2/c29-27(30)19-13-14-23-24(17-33)26(28(34)31-21-10-2-1-3-11-21)32(25(23)15-19)16-20-9-6-8-18-7-4-5-12-22(18)20/h4-9,12-15,21,33H,1-3,10-11,16-17H2,(H3,29,30)(H,31,34). The lowest BCUT2D eigenvalue weighted by molar-refractivity contribution is 0.0916. The molecule has 1 amide bonds. The molecule has 6 heteroatoms. The van der Waals surface area contributed by atoms with Crippen LogP contribution in [0.3, 0.4) is 0 Å². The van der Waals surface area contributed by atoms with Gasteiger partial charge in [0.1, 0.15) is 11.5 Å². The van der Waals surface area contributed by atoms with Crippen LogP contribution in [0.2, 0.25) is 0 Å². The number of benzene rings is 3. The monoisotopic (exact) mass is 454 g/mol. The van der Waals surface area contributed by atoms with E-state index in [0.29, 0.717) is 23.4 Å². The van der Waals surface area contributed by atoms with Gasteiger partial charge in [-0.1, -0.05) is 73.9 Å². The fourth-order valence-corrected chi connectivity index (χ4v) is 5.27. The number of nitrogen functional groups attached to an aromatic ring is 1. The van der Waals surface area contributed by atoms with E-state index in [1.165, 1.54) is 6.42 Å². The summed E-state index contributed by atoms with van der Waals surface area (Å²) in [6, 6.07) is 20.0. The molecule has 0 aliphatic heterocycles. The number of carbonyl (C=O) groups is 1. The molecule has 174 valence electrons. The first-order valence-electron chi connectivity index (χ1n) is 11.9. The van der Waals surface area contributed by atoms with E-state index < -0.39 is 0 Å². The molecule has 0 atom stereocenters. The lowest BCUT2D eigenvalue weighted by Crippen LogP contribution is -2.37. The van der Waals surface area contributed by atoms with Crippen LogP contribution < -0.4 is 11.1 Å². The van der Waals surface area contributed by atoms with Crippen LogP contribution >= 0.6 is 0 Å². The van der Waals surface area contributed by atoms with Gasteiger partial charge < -0.3 is 20.7 Å². The van der Waals surface area contributed by atoms with E-state index in [0.717, 1.165) is 52.9 Å². The van der Waals surface area contributed by atoms with Gasteiger partial charge in [-0.3, -0.25) is 10.2 Å². The maximum Gasteiger partial charge on any atom is 0.268 e. The van der Waals surface area contributed by atoms with Gasteiger partial charge in [0.05, 0.1) is 12.1 Å². The number of nitrogens with one attached hydrogen (secondary N) is 2. The molecular formula is C28H30N4O2. The number of amidine groups is 1. The Morgan fingerprint density at radius 1 is 1.03 bits per heavy atom. The molecule has 0 radical (unpaired) electrons. The Morgan fingerprint density at radius 3 is 2.56 bits per heavy atom.